The predicted octanol–water partition coefficient (Wildman–Crippen LogP) is 0.723. The first kappa shape index (κ1) is 12.9. The maximum Gasteiger partial charge on any atom is 0.215 e. The maximum atomic E-state index is 11.8. The first-order valence-corrected chi connectivity index (χ1v) is 7.19. The van der Waals surface area contributed by atoms with Gasteiger partial charge in [-0.05, 0) is 12.3 Å². The van der Waals surface area contributed by atoms with E-state index in [1.165, 1.54) is 4.31 Å². The standard InChI is InChI=1S/C9H18N2O2S2/c1-3-4-8(9(10)14)11-5-7(2)6-15(11,12)13/h7-8H,3-6H2,1-2H3,(H2,10,14). The van der Waals surface area contributed by atoms with Crippen molar-refractivity contribution in [2.24, 2.45) is 11.7 Å². The Morgan fingerprint density at radius 3 is 2.60 bits per heavy atom. The van der Waals surface area contributed by atoms with Gasteiger partial charge >= 0.3 is 0 Å². The monoisotopic (exact) mass is 250 g/mol. The zero-order valence-electron chi connectivity index (χ0n) is 9.14. The van der Waals surface area contributed by atoms with Gasteiger partial charge in [-0.3, -0.25) is 0 Å². The number of hydrogen-bond acceptors (Lipinski definition) is 3. The third-order valence-corrected chi connectivity index (χ3v) is 4.96. The van der Waals surface area contributed by atoms with Crippen LogP contribution in [0.2, 0.25) is 0 Å². The van der Waals surface area contributed by atoms with Gasteiger partial charge in [-0.1, -0.05) is 32.5 Å². The van der Waals surface area contributed by atoms with Crippen LogP contribution in [-0.2, 0) is 10.0 Å². The number of sulfonamides is 1. The van der Waals surface area contributed by atoms with Crippen LogP contribution in [-0.4, -0.2) is 36.1 Å². The minimum absolute atomic E-state index is 0.170. The summed E-state index contributed by atoms with van der Waals surface area (Å²) in [6, 6.07) is -0.292. The molecule has 2 atom stereocenters. The zero-order valence-corrected chi connectivity index (χ0v) is 10.8. The Bertz CT molecular complexity index is 340. The highest BCUT2D eigenvalue weighted by Crippen LogP contribution is 2.23. The van der Waals surface area contributed by atoms with Gasteiger partial charge in [-0.2, -0.15) is 4.31 Å². The van der Waals surface area contributed by atoms with E-state index in [0.717, 1.165) is 6.42 Å². The summed E-state index contributed by atoms with van der Waals surface area (Å²) >= 11 is 4.93. The summed E-state index contributed by atoms with van der Waals surface area (Å²) < 4.78 is 25.1. The molecule has 1 fully saturated rings. The Balaban J connectivity index is 2.89. The number of rotatable bonds is 4. The fourth-order valence-corrected chi connectivity index (χ4v) is 4.37. The minimum Gasteiger partial charge on any atom is -0.392 e. The molecule has 0 saturated carbocycles. The summed E-state index contributed by atoms with van der Waals surface area (Å²) in [6.07, 6.45) is 1.59. The average molecular weight is 250 g/mol. The summed E-state index contributed by atoms with van der Waals surface area (Å²) in [5, 5.41) is 0. The Morgan fingerprint density at radius 1 is 1.67 bits per heavy atom. The quantitative estimate of drug-likeness (QED) is 0.747. The third-order valence-electron chi connectivity index (χ3n) is 2.58. The van der Waals surface area contributed by atoms with Crippen molar-refractivity contribution in [1.82, 2.24) is 4.31 Å². The molecule has 0 aromatic heterocycles. The van der Waals surface area contributed by atoms with Gasteiger partial charge < -0.3 is 5.73 Å². The van der Waals surface area contributed by atoms with Crippen LogP contribution >= 0.6 is 12.2 Å². The molecule has 4 nitrogen and oxygen atoms in total. The molecule has 15 heavy (non-hydrogen) atoms. The van der Waals surface area contributed by atoms with Crippen molar-refractivity contribution in [2.45, 2.75) is 32.7 Å². The van der Waals surface area contributed by atoms with Crippen molar-refractivity contribution in [3.63, 3.8) is 0 Å². The molecule has 1 aliphatic heterocycles. The summed E-state index contributed by atoms with van der Waals surface area (Å²) in [6.45, 7) is 4.47. The van der Waals surface area contributed by atoms with E-state index in [2.05, 4.69) is 0 Å². The number of nitrogens with two attached hydrogens (primary N) is 1. The van der Waals surface area contributed by atoms with Gasteiger partial charge in [0, 0.05) is 6.54 Å². The lowest BCUT2D eigenvalue weighted by Crippen LogP contribution is -2.44. The van der Waals surface area contributed by atoms with E-state index in [0.29, 0.717) is 13.0 Å². The van der Waals surface area contributed by atoms with E-state index in [-0.39, 0.29) is 22.7 Å². The van der Waals surface area contributed by atoms with Crippen LogP contribution in [0, 0.1) is 5.92 Å². The Labute approximate surface area is 96.9 Å². The Kier molecular flexibility index (Phi) is 4.08. The summed E-state index contributed by atoms with van der Waals surface area (Å²) in [5.41, 5.74) is 5.59. The first-order valence-electron chi connectivity index (χ1n) is 5.17. The fourth-order valence-electron chi connectivity index (χ4n) is 1.95. The van der Waals surface area contributed by atoms with Gasteiger partial charge in [0.05, 0.1) is 16.8 Å². The summed E-state index contributed by atoms with van der Waals surface area (Å²) in [4.78, 5) is 0.287. The fraction of sp³-hybridized carbons (Fsp3) is 0.889. The molecule has 2 N–H and O–H groups in total. The smallest absolute Gasteiger partial charge is 0.215 e. The average Bonchev–Trinajstić information content (AvgIpc) is 2.34. The molecular formula is C9H18N2O2S2. The van der Waals surface area contributed by atoms with Gasteiger partial charge in [-0.25, -0.2) is 8.42 Å². The van der Waals surface area contributed by atoms with Gasteiger partial charge in [0.15, 0.2) is 0 Å². The van der Waals surface area contributed by atoms with Crippen LogP contribution < -0.4 is 5.73 Å². The topological polar surface area (TPSA) is 63.4 Å². The highest BCUT2D eigenvalue weighted by Gasteiger charge is 2.38. The first-order chi connectivity index (χ1) is 6.88. The molecule has 0 radical (unpaired) electrons. The normalized spacial score (nSPS) is 27.7. The largest absolute Gasteiger partial charge is 0.392 e. The second-order valence-corrected chi connectivity index (χ2v) is 6.60. The van der Waals surface area contributed by atoms with Gasteiger partial charge in [0.1, 0.15) is 0 Å². The van der Waals surface area contributed by atoms with Gasteiger partial charge in [0.2, 0.25) is 10.0 Å². The minimum atomic E-state index is -3.14. The SMILES string of the molecule is CCCC(C(N)=S)N1CC(C)CS1(=O)=O. The van der Waals surface area contributed by atoms with Gasteiger partial charge in [-0.15, -0.1) is 0 Å². The van der Waals surface area contributed by atoms with E-state index in [1.54, 1.807) is 0 Å². The second kappa shape index (κ2) is 4.76. The molecule has 1 saturated heterocycles. The number of hydrogen-bond donors (Lipinski definition) is 1. The van der Waals surface area contributed by atoms with Crippen molar-refractivity contribution in [2.75, 3.05) is 12.3 Å². The van der Waals surface area contributed by atoms with Crippen molar-refractivity contribution in [3.05, 3.63) is 0 Å². The van der Waals surface area contributed by atoms with E-state index < -0.39 is 10.0 Å². The van der Waals surface area contributed by atoms with Crippen LogP contribution in [0.4, 0.5) is 0 Å². The molecule has 1 aliphatic rings. The molecule has 0 amide bonds. The number of thiocarbonyl (C=S) groups is 1. The predicted molar refractivity (Wildman–Crippen MR) is 65.1 cm³/mol. The van der Waals surface area contributed by atoms with Crippen LogP contribution in [0.1, 0.15) is 26.7 Å². The maximum absolute atomic E-state index is 11.8. The zero-order chi connectivity index (χ0) is 11.6. The van der Waals surface area contributed by atoms with E-state index in [4.69, 9.17) is 18.0 Å². The van der Waals surface area contributed by atoms with Crippen LogP contribution in [0.25, 0.3) is 0 Å². The van der Waals surface area contributed by atoms with Crippen molar-refractivity contribution in [1.29, 1.82) is 0 Å². The molecule has 1 heterocycles. The molecule has 1 rings (SSSR count). The van der Waals surface area contributed by atoms with Crippen molar-refractivity contribution >= 4 is 27.2 Å². The molecule has 0 aromatic carbocycles. The Morgan fingerprint density at radius 2 is 2.27 bits per heavy atom. The van der Waals surface area contributed by atoms with E-state index in [1.807, 2.05) is 13.8 Å². The van der Waals surface area contributed by atoms with Crippen LogP contribution in [0.5, 0.6) is 0 Å². The van der Waals surface area contributed by atoms with E-state index in [9.17, 15) is 8.42 Å². The summed E-state index contributed by atoms with van der Waals surface area (Å²) in [7, 11) is -3.14. The van der Waals surface area contributed by atoms with Crippen molar-refractivity contribution in [3.8, 4) is 0 Å². The molecule has 0 aliphatic carbocycles. The molecule has 88 valence electrons. The number of nitrogens with zero attached hydrogens (tertiary/aromatic N) is 1. The highest BCUT2D eigenvalue weighted by molar-refractivity contribution is 7.89. The third kappa shape index (κ3) is 2.89. The molecule has 0 bridgehead atoms. The van der Waals surface area contributed by atoms with Gasteiger partial charge in [0.25, 0.3) is 0 Å². The second-order valence-electron chi connectivity index (χ2n) is 4.16. The van der Waals surface area contributed by atoms with Crippen LogP contribution in [0.15, 0.2) is 0 Å². The highest BCUT2D eigenvalue weighted by atomic mass is 32.2. The van der Waals surface area contributed by atoms with E-state index >= 15 is 0 Å². The van der Waals surface area contributed by atoms with Crippen molar-refractivity contribution < 1.29 is 8.42 Å². The van der Waals surface area contributed by atoms with Crippen LogP contribution in [0.3, 0.4) is 0 Å². The molecular weight excluding hydrogens is 232 g/mol. The molecule has 0 aromatic rings. The Hall–Kier alpha value is -0.200. The molecule has 2 unspecified atom stereocenters. The lowest BCUT2D eigenvalue weighted by molar-refractivity contribution is 0.364. The summed E-state index contributed by atoms with van der Waals surface area (Å²) in [5.74, 6) is 0.388. The molecule has 6 heteroatoms. The molecule has 0 spiro atoms. The lowest BCUT2D eigenvalue weighted by atomic mass is 10.1. The lowest BCUT2D eigenvalue weighted by Gasteiger charge is -2.25.